The molecule has 0 atom stereocenters. The SMILES string of the molecule is COC(=O)CCC(C)(C)NC(=O)OCc1ccccc1. The molecule has 0 spiro atoms. The molecule has 0 heterocycles. The molecule has 0 saturated carbocycles. The number of carbonyl (C=O) groups excluding carboxylic acids is 2. The second kappa shape index (κ2) is 7.53. The molecule has 5 heteroatoms. The molecule has 0 saturated heterocycles. The lowest BCUT2D eigenvalue weighted by atomic mass is 9.99. The van der Waals surface area contributed by atoms with Crippen molar-refractivity contribution in [2.24, 2.45) is 0 Å². The molecule has 1 aromatic rings. The topological polar surface area (TPSA) is 64.6 Å². The van der Waals surface area contributed by atoms with Gasteiger partial charge in [0.05, 0.1) is 7.11 Å². The van der Waals surface area contributed by atoms with Gasteiger partial charge in [0.25, 0.3) is 0 Å². The Morgan fingerprint density at radius 1 is 1.20 bits per heavy atom. The molecular weight excluding hydrogens is 258 g/mol. The largest absolute Gasteiger partial charge is 0.469 e. The van der Waals surface area contributed by atoms with Gasteiger partial charge >= 0.3 is 12.1 Å². The fraction of sp³-hybridized carbons (Fsp3) is 0.467. The highest BCUT2D eigenvalue weighted by Gasteiger charge is 2.22. The first kappa shape index (κ1) is 16.0. The Labute approximate surface area is 119 Å². The van der Waals surface area contributed by atoms with Crippen LogP contribution in [0.25, 0.3) is 0 Å². The van der Waals surface area contributed by atoms with E-state index in [2.05, 4.69) is 10.1 Å². The Morgan fingerprint density at radius 3 is 2.45 bits per heavy atom. The Kier molecular flexibility index (Phi) is 6.03. The van der Waals surface area contributed by atoms with Crippen molar-refractivity contribution >= 4 is 12.1 Å². The molecule has 1 aromatic carbocycles. The monoisotopic (exact) mass is 279 g/mol. The van der Waals surface area contributed by atoms with Crippen LogP contribution in [0.5, 0.6) is 0 Å². The van der Waals surface area contributed by atoms with Crippen LogP contribution >= 0.6 is 0 Å². The van der Waals surface area contributed by atoms with Gasteiger partial charge in [-0.3, -0.25) is 4.79 Å². The van der Waals surface area contributed by atoms with Crippen LogP contribution in [-0.2, 0) is 20.9 Å². The van der Waals surface area contributed by atoms with Crippen molar-refractivity contribution in [3.63, 3.8) is 0 Å². The molecule has 0 aliphatic rings. The Bertz CT molecular complexity index is 442. The summed E-state index contributed by atoms with van der Waals surface area (Å²) in [7, 11) is 1.34. The average Bonchev–Trinajstić information content (AvgIpc) is 2.43. The summed E-state index contributed by atoms with van der Waals surface area (Å²) in [6, 6.07) is 9.44. The zero-order chi connectivity index (χ0) is 15.0. The van der Waals surface area contributed by atoms with Crippen molar-refractivity contribution in [2.45, 2.75) is 38.8 Å². The summed E-state index contributed by atoms with van der Waals surface area (Å²) in [6.07, 6.45) is 0.242. The standard InChI is InChI=1S/C15H21NO4/c1-15(2,10-9-13(17)19-3)16-14(18)20-11-12-7-5-4-6-8-12/h4-8H,9-11H2,1-3H3,(H,16,18). The summed E-state index contributed by atoms with van der Waals surface area (Å²) in [4.78, 5) is 22.8. The number of amides is 1. The lowest BCUT2D eigenvalue weighted by Crippen LogP contribution is -2.43. The highest BCUT2D eigenvalue weighted by Crippen LogP contribution is 2.12. The average molecular weight is 279 g/mol. The first-order valence-corrected chi connectivity index (χ1v) is 6.48. The molecule has 0 aliphatic carbocycles. The minimum absolute atomic E-state index is 0.222. The predicted molar refractivity (Wildman–Crippen MR) is 75.1 cm³/mol. The van der Waals surface area contributed by atoms with Crippen LogP contribution in [0.1, 0.15) is 32.3 Å². The quantitative estimate of drug-likeness (QED) is 0.813. The molecule has 0 aliphatic heterocycles. The number of alkyl carbamates (subject to hydrolysis) is 1. The molecular formula is C15H21NO4. The molecule has 1 rings (SSSR count). The third-order valence-electron chi connectivity index (χ3n) is 2.83. The zero-order valence-electron chi connectivity index (χ0n) is 12.1. The smallest absolute Gasteiger partial charge is 0.407 e. The number of rotatable bonds is 6. The zero-order valence-corrected chi connectivity index (χ0v) is 12.1. The second-order valence-electron chi connectivity index (χ2n) is 5.15. The van der Waals surface area contributed by atoms with Crippen molar-refractivity contribution in [2.75, 3.05) is 7.11 Å². The van der Waals surface area contributed by atoms with Crippen LogP contribution in [0.3, 0.4) is 0 Å². The van der Waals surface area contributed by atoms with Gasteiger partial charge < -0.3 is 14.8 Å². The van der Waals surface area contributed by atoms with E-state index in [0.717, 1.165) is 5.56 Å². The van der Waals surface area contributed by atoms with Crippen molar-refractivity contribution in [1.82, 2.24) is 5.32 Å². The van der Waals surface area contributed by atoms with Gasteiger partial charge in [-0.15, -0.1) is 0 Å². The Morgan fingerprint density at radius 2 is 1.85 bits per heavy atom. The number of methoxy groups -OCH3 is 1. The van der Waals surface area contributed by atoms with Crippen molar-refractivity contribution in [3.05, 3.63) is 35.9 Å². The maximum atomic E-state index is 11.7. The van der Waals surface area contributed by atoms with Gasteiger partial charge in [-0.1, -0.05) is 30.3 Å². The molecule has 0 aromatic heterocycles. The number of nitrogens with one attached hydrogen (secondary N) is 1. The highest BCUT2D eigenvalue weighted by molar-refractivity contribution is 5.70. The van der Waals surface area contributed by atoms with E-state index in [9.17, 15) is 9.59 Å². The van der Waals surface area contributed by atoms with Gasteiger partial charge in [0.2, 0.25) is 0 Å². The maximum Gasteiger partial charge on any atom is 0.407 e. The highest BCUT2D eigenvalue weighted by atomic mass is 16.5. The lowest BCUT2D eigenvalue weighted by Gasteiger charge is -2.25. The summed E-state index contributed by atoms with van der Waals surface area (Å²) < 4.78 is 9.70. The number of benzene rings is 1. The number of esters is 1. The number of hydrogen-bond donors (Lipinski definition) is 1. The van der Waals surface area contributed by atoms with Gasteiger partial charge in [0.15, 0.2) is 0 Å². The number of ether oxygens (including phenoxy) is 2. The molecule has 0 fully saturated rings. The molecule has 1 N–H and O–H groups in total. The summed E-state index contributed by atoms with van der Waals surface area (Å²) in [5.74, 6) is -0.294. The summed E-state index contributed by atoms with van der Waals surface area (Å²) in [6.45, 7) is 3.89. The van der Waals surface area contributed by atoms with Gasteiger partial charge in [-0.25, -0.2) is 4.79 Å². The first-order valence-electron chi connectivity index (χ1n) is 6.48. The van der Waals surface area contributed by atoms with Crippen molar-refractivity contribution in [3.8, 4) is 0 Å². The van der Waals surface area contributed by atoms with E-state index in [4.69, 9.17) is 4.74 Å². The summed E-state index contributed by atoms with van der Waals surface area (Å²) in [5, 5.41) is 2.74. The van der Waals surface area contributed by atoms with Gasteiger partial charge in [-0.2, -0.15) is 0 Å². The van der Waals surface area contributed by atoms with E-state index in [1.54, 1.807) is 0 Å². The normalized spacial score (nSPS) is 10.8. The summed E-state index contributed by atoms with van der Waals surface area (Å²) >= 11 is 0. The van der Waals surface area contributed by atoms with Crippen LogP contribution in [0.2, 0.25) is 0 Å². The fourth-order valence-corrected chi connectivity index (χ4v) is 1.61. The lowest BCUT2D eigenvalue weighted by molar-refractivity contribution is -0.141. The molecule has 0 bridgehead atoms. The van der Waals surface area contributed by atoms with E-state index >= 15 is 0 Å². The number of hydrogen-bond acceptors (Lipinski definition) is 4. The van der Waals surface area contributed by atoms with Crippen LogP contribution in [0.15, 0.2) is 30.3 Å². The third-order valence-corrected chi connectivity index (χ3v) is 2.83. The maximum absolute atomic E-state index is 11.7. The molecule has 0 unspecified atom stereocenters. The van der Waals surface area contributed by atoms with Gasteiger partial charge in [0, 0.05) is 12.0 Å². The van der Waals surface area contributed by atoms with E-state index in [0.29, 0.717) is 6.42 Å². The molecule has 5 nitrogen and oxygen atoms in total. The Hall–Kier alpha value is -2.04. The summed E-state index contributed by atoms with van der Waals surface area (Å²) in [5.41, 5.74) is 0.400. The van der Waals surface area contributed by atoms with Crippen molar-refractivity contribution < 1.29 is 19.1 Å². The first-order chi connectivity index (χ1) is 9.43. The van der Waals surface area contributed by atoms with E-state index < -0.39 is 11.6 Å². The molecule has 1 amide bonds. The van der Waals surface area contributed by atoms with Crippen LogP contribution in [0.4, 0.5) is 4.79 Å². The van der Waals surface area contributed by atoms with E-state index in [-0.39, 0.29) is 19.0 Å². The van der Waals surface area contributed by atoms with E-state index in [1.807, 2.05) is 44.2 Å². The fourth-order valence-electron chi connectivity index (χ4n) is 1.61. The van der Waals surface area contributed by atoms with E-state index in [1.165, 1.54) is 7.11 Å². The second-order valence-corrected chi connectivity index (χ2v) is 5.15. The van der Waals surface area contributed by atoms with Crippen LogP contribution < -0.4 is 5.32 Å². The minimum Gasteiger partial charge on any atom is -0.469 e. The Balaban J connectivity index is 2.35. The number of carbonyl (C=O) groups is 2. The third kappa shape index (κ3) is 6.22. The minimum atomic E-state index is -0.526. The predicted octanol–water partition coefficient (Wildman–Crippen LogP) is 2.64. The molecule has 110 valence electrons. The molecule has 0 radical (unpaired) electrons. The van der Waals surface area contributed by atoms with Crippen LogP contribution in [0, 0.1) is 0 Å². The van der Waals surface area contributed by atoms with Gasteiger partial charge in [-0.05, 0) is 25.8 Å². The molecule has 20 heavy (non-hydrogen) atoms. The van der Waals surface area contributed by atoms with Crippen molar-refractivity contribution in [1.29, 1.82) is 0 Å². The van der Waals surface area contributed by atoms with Crippen LogP contribution in [-0.4, -0.2) is 24.7 Å². The van der Waals surface area contributed by atoms with Gasteiger partial charge in [0.1, 0.15) is 6.61 Å².